The van der Waals surface area contributed by atoms with E-state index in [1.165, 1.54) is 0 Å². The van der Waals surface area contributed by atoms with E-state index in [0.717, 1.165) is 40.1 Å². The van der Waals surface area contributed by atoms with Gasteiger partial charge in [0.25, 0.3) is 0 Å². The minimum absolute atomic E-state index is 0.0531. The molecule has 2 aliphatic rings. The lowest BCUT2D eigenvalue weighted by atomic mass is 9.84. The normalized spacial score (nSPS) is 19.7. The number of allylic oxidation sites excluding steroid dienone is 6. The van der Waals surface area contributed by atoms with Gasteiger partial charge in [0.2, 0.25) is 0 Å². The minimum Gasteiger partial charge on any atom is -0.337 e. The molecule has 6 nitrogen and oxygen atoms in total. The second kappa shape index (κ2) is 8.79. The molecule has 2 N–H and O–H groups in total. The van der Waals surface area contributed by atoms with E-state index < -0.39 is 0 Å². The largest absolute Gasteiger partial charge is 0.337 e. The molecule has 1 fully saturated rings. The van der Waals surface area contributed by atoms with E-state index in [2.05, 4.69) is 15.3 Å². The standard InChI is InChI=1S/C27H23FN6S/c1-3-5-6-7-15(4-2)17-12-30-23-18-13-31-26(18)34-25(20(23)21(17)28)27-32-19-8-10-29-22(24(19)33-27)16-9-11-35-14-16/h3-12,14,18,26,31H,13H2,1-2H3,(H,32,33)/b5-3+,7-6-,15-4+. The van der Waals surface area contributed by atoms with Gasteiger partial charge in [-0.05, 0) is 36.9 Å². The van der Waals surface area contributed by atoms with E-state index in [-0.39, 0.29) is 17.9 Å². The summed E-state index contributed by atoms with van der Waals surface area (Å²) in [5, 5.41) is 7.38. The van der Waals surface area contributed by atoms with Crippen LogP contribution in [-0.4, -0.2) is 38.4 Å². The molecule has 8 heteroatoms. The number of pyridine rings is 2. The fraction of sp³-hybridized carbons (Fsp3) is 0.185. The third kappa shape index (κ3) is 3.57. The van der Waals surface area contributed by atoms with Crippen molar-refractivity contribution in [1.29, 1.82) is 0 Å². The number of aliphatic imine (C=N–C) groups is 1. The Hall–Kier alpha value is -3.75. The molecule has 0 spiro atoms. The molecule has 174 valence electrons. The first-order valence-corrected chi connectivity index (χ1v) is 12.5. The number of aromatic amines is 1. The molecule has 6 heterocycles. The van der Waals surface area contributed by atoms with Gasteiger partial charge in [-0.15, -0.1) is 0 Å². The van der Waals surface area contributed by atoms with Crippen LogP contribution in [0.2, 0.25) is 0 Å². The van der Waals surface area contributed by atoms with Crippen LogP contribution in [0, 0.1) is 5.82 Å². The van der Waals surface area contributed by atoms with Gasteiger partial charge in [-0.25, -0.2) is 9.37 Å². The Morgan fingerprint density at radius 3 is 2.86 bits per heavy atom. The van der Waals surface area contributed by atoms with Gasteiger partial charge in [-0.2, -0.15) is 11.3 Å². The Morgan fingerprint density at radius 2 is 2.11 bits per heavy atom. The number of nitrogens with zero attached hydrogens (tertiary/aromatic N) is 4. The van der Waals surface area contributed by atoms with E-state index in [0.29, 0.717) is 22.7 Å². The SMILES string of the molecule is C/C=C/C=C\C(=C/C)c1cnc2c(c1F)C(c1nc3c(-c4ccsc4)nccc3[nH]1)=NC1NCC21. The quantitative estimate of drug-likeness (QED) is 0.362. The molecule has 0 saturated carbocycles. The molecule has 0 aromatic carbocycles. The first kappa shape index (κ1) is 21.8. The van der Waals surface area contributed by atoms with Crippen molar-refractivity contribution in [1.82, 2.24) is 25.3 Å². The average Bonchev–Trinajstić information content (AvgIpc) is 3.53. The molecule has 4 aromatic heterocycles. The molecule has 35 heavy (non-hydrogen) atoms. The van der Waals surface area contributed by atoms with Gasteiger partial charge in [0, 0.05) is 35.4 Å². The lowest BCUT2D eigenvalue weighted by molar-refractivity contribution is 0.310. The summed E-state index contributed by atoms with van der Waals surface area (Å²) in [6.07, 6.45) is 12.8. The van der Waals surface area contributed by atoms with Gasteiger partial charge < -0.3 is 4.98 Å². The fourth-order valence-electron chi connectivity index (χ4n) is 4.59. The van der Waals surface area contributed by atoms with Gasteiger partial charge >= 0.3 is 0 Å². The van der Waals surface area contributed by atoms with Gasteiger partial charge in [0.15, 0.2) is 5.82 Å². The summed E-state index contributed by atoms with van der Waals surface area (Å²) in [6.45, 7) is 4.57. The van der Waals surface area contributed by atoms with Crippen molar-refractivity contribution in [2.45, 2.75) is 25.9 Å². The van der Waals surface area contributed by atoms with Crippen LogP contribution >= 0.6 is 11.3 Å². The number of thiophene rings is 1. The number of H-pyrrole nitrogens is 1. The van der Waals surface area contributed by atoms with Gasteiger partial charge in [0.1, 0.15) is 23.2 Å². The fourth-order valence-corrected chi connectivity index (χ4v) is 5.23. The molecular formula is C27H23FN6S. The van der Waals surface area contributed by atoms with Crippen molar-refractivity contribution in [3.8, 4) is 11.3 Å². The Labute approximate surface area is 206 Å². The summed E-state index contributed by atoms with van der Waals surface area (Å²) in [6, 6.07) is 3.90. The summed E-state index contributed by atoms with van der Waals surface area (Å²) in [4.78, 5) is 22.4. The first-order valence-electron chi connectivity index (χ1n) is 11.5. The summed E-state index contributed by atoms with van der Waals surface area (Å²) >= 11 is 1.61. The molecular weight excluding hydrogens is 459 g/mol. The predicted molar refractivity (Wildman–Crippen MR) is 139 cm³/mol. The number of rotatable bonds is 5. The van der Waals surface area contributed by atoms with Crippen molar-refractivity contribution in [3.63, 3.8) is 0 Å². The molecule has 1 saturated heterocycles. The summed E-state index contributed by atoms with van der Waals surface area (Å²) in [7, 11) is 0. The molecule has 2 aliphatic heterocycles. The van der Waals surface area contributed by atoms with Gasteiger partial charge in [-0.3, -0.25) is 20.3 Å². The topological polar surface area (TPSA) is 78.8 Å². The van der Waals surface area contributed by atoms with Crippen LogP contribution in [0.15, 0.2) is 70.7 Å². The summed E-state index contributed by atoms with van der Waals surface area (Å²) in [5.74, 6) is 0.244. The zero-order valence-corrected chi connectivity index (χ0v) is 20.1. The van der Waals surface area contributed by atoms with Gasteiger partial charge in [-0.1, -0.05) is 30.4 Å². The number of hydrogen-bond donors (Lipinski definition) is 2. The molecule has 4 aromatic rings. The highest BCUT2D eigenvalue weighted by Gasteiger charge is 2.41. The smallest absolute Gasteiger partial charge is 0.157 e. The molecule has 2 unspecified atom stereocenters. The Bertz CT molecular complexity index is 1540. The summed E-state index contributed by atoms with van der Waals surface area (Å²) in [5.41, 5.74) is 6.21. The number of imidazole rings is 1. The average molecular weight is 483 g/mol. The minimum atomic E-state index is -0.325. The van der Waals surface area contributed by atoms with Crippen molar-refractivity contribution in [3.05, 3.63) is 94.1 Å². The Balaban J connectivity index is 1.52. The lowest BCUT2D eigenvalue weighted by Crippen LogP contribution is -2.53. The highest BCUT2D eigenvalue weighted by Crippen LogP contribution is 2.38. The number of halogens is 1. The van der Waals surface area contributed by atoms with Gasteiger partial charge in [0.05, 0.1) is 28.4 Å². The predicted octanol–water partition coefficient (Wildman–Crippen LogP) is 5.62. The van der Waals surface area contributed by atoms with E-state index in [1.54, 1.807) is 23.7 Å². The van der Waals surface area contributed by atoms with Crippen LogP contribution in [0.1, 0.15) is 42.4 Å². The Morgan fingerprint density at radius 1 is 1.20 bits per heavy atom. The maximum Gasteiger partial charge on any atom is 0.157 e. The van der Waals surface area contributed by atoms with Crippen LogP contribution in [0.4, 0.5) is 4.39 Å². The molecule has 0 aliphatic carbocycles. The summed E-state index contributed by atoms with van der Waals surface area (Å²) < 4.78 is 16.2. The van der Waals surface area contributed by atoms with E-state index in [9.17, 15) is 0 Å². The Kier molecular flexibility index (Phi) is 5.47. The second-order valence-electron chi connectivity index (χ2n) is 8.47. The number of hydrogen-bond acceptors (Lipinski definition) is 6. The van der Waals surface area contributed by atoms with Crippen molar-refractivity contribution >= 4 is 33.7 Å². The lowest BCUT2D eigenvalue weighted by Gasteiger charge is -2.39. The highest BCUT2D eigenvalue weighted by molar-refractivity contribution is 7.08. The van der Waals surface area contributed by atoms with Crippen LogP contribution in [-0.2, 0) is 0 Å². The maximum absolute atomic E-state index is 16.2. The molecule has 2 atom stereocenters. The zero-order chi connectivity index (χ0) is 23.9. The zero-order valence-electron chi connectivity index (χ0n) is 19.3. The van der Waals surface area contributed by atoms with E-state index in [4.69, 9.17) is 15.0 Å². The van der Waals surface area contributed by atoms with Crippen LogP contribution in [0.25, 0.3) is 27.9 Å². The maximum atomic E-state index is 16.2. The molecule has 0 radical (unpaired) electrons. The highest BCUT2D eigenvalue weighted by atomic mass is 32.1. The van der Waals surface area contributed by atoms with E-state index in [1.807, 2.05) is 67.1 Å². The number of aromatic nitrogens is 4. The first-order chi connectivity index (χ1) is 17.2. The van der Waals surface area contributed by atoms with Crippen molar-refractivity contribution < 1.29 is 4.39 Å². The molecule has 0 bridgehead atoms. The van der Waals surface area contributed by atoms with Crippen molar-refractivity contribution in [2.75, 3.05) is 6.54 Å². The third-order valence-corrected chi connectivity index (χ3v) is 7.13. The van der Waals surface area contributed by atoms with E-state index >= 15 is 4.39 Å². The second-order valence-corrected chi connectivity index (χ2v) is 9.25. The molecule has 6 rings (SSSR count). The monoisotopic (exact) mass is 482 g/mol. The van der Waals surface area contributed by atoms with Crippen LogP contribution in [0.3, 0.4) is 0 Å². The number of fused-ring (bicyclic) bond motifs is 4. The number of nitrogens with one attached hydrogen (secondary N) is 2. The molecule has 0 amide bonds. The van der Waals surface area contributed by atoms with Crippen LogP contribution in [0.5, 0.6) is 0 Å². The third-order valence-electron chi connectivity index (χ3n) is 6.45. The van der Waals surface area contributed by atoms with Crippen LogP contribution < -0.4 is 5.32 Å². The van der Waals surface area contributed by atoms with Crippen molar-refractivity contribution in [2.24, 2.45) is 4.99 Å².